The van der Waals surface area contributed by atoms with E-state index in [9.17, 15) is 14.4 Å². The van der Waals surface area contributed by atoms with Crippen LogP contribution in [0.2, 0.25) is 0 Å². The average molecular weight is 470 g/mol. The molecule has 1 saturated heterocycles. The first-order valence-electron chi connectivity index (χ1n) is 12.1. The molecule has 35 heavy (non-hydrogen) atoms. The van der Waals surface area contributed by atoms with Gasteiger partial charge in [-0.15, -0.1) is 0 Å². The molecule has 3 aromatic rings. The molecule has 0 atom stereocenters. The summed E-state index contributed by atoms with van der Waals surface area (Å²) in [6.45, 7) is 1.85. The Labute approximate surface area is 206 Å². The predicted octanol–water partition coefficient (Wildman–Crippen LogP) is 3.60. The molecule has 2 N–H and O–H groups in total. The van der Waals surface area contributed by atoms with E-state index in [0.717, 1.165) is 11.1 Å². The Bertz CT molecular complexity index is 1070. The van der Waals surface area contributed by atoms with Gasteiger partial charge in [-0.3, -0.25) is 14.4 Å². The molecule has 6 heteroatoms. The van der Waals surface area contributed by atoms with Crippen LogP contribution in [0.1, 0.15) is 40.2 Å². The molecule has 0 aromatic heterocycles. The van der Waals surface area contributed by atoms with Gasteiger partial charge in [-0.05, 0) is 36.1 Å². The molecule has 180 valence electrons. The zero-order valence-corrected chi connectivity index (χ0v) is 19.7. The van der Waals surface area contributed by atoms with E-state index in [2.05, 4.69) is 10.6 Å². The third-order valence-electron chi connectivity index (χ3n) is 6.44. The summed E-state index contributed by atoms with van der Waals surface area (Å²) in [6.07, 6.45) is 1.26. The number of amides is 3. The van der Waals surface area contributed by atoms with E-state index in [-0.39, 0.29) is 29.6 Å². The number of nitrogens with one attached hydrogen (secondary N) is 2. The zero-order chi connectivity index (χ0) is 24.5. The number of nitrogens with zero attached hydrogens (tertiary/aromatic N) is 1. The summed E-state index contributed by atoms with van der Waals surface area (Å²) in [7, 11) is 0. The summed E-state index contributed by atoms with van der Waals surface area (Å²) in [5.74, 6) is -0.580. The number of hydrogen-bond donors (Lipinski definition) is 2. The Kier molecular flexibility index (Phi) is 8.28. The molecule has 0 bridgehead atoms. The molecule has 3 amide bonds. The van der Waals surface area contributed by atoms with Gasteiger partial charge in [-0.1, -0.05) is 78.9 Å². The number of carbonyl (C=O) groups excluding carboxylic acids is 3. The Morgan fingerprint density at radius 3 is 1.74 bits per heavy atom. The molecule has 1 heterocycles. The van der Waals surface area contributed by atoms with Crippen molar-refractivity contribution in [3.8, 4) is 0 Å². The number of benzene rings is 3. The number of carbonyl (C=O) groups is 3. The maximum Gasteiger partial charge on any atom is 0.251 e. The first kappa shape index (κ1) is 24.2. The van der Waals surface area contributed by atoms with Gasteiger partial charge in [0, 0.05) is 37.7 Å². The van der Waals surface area contributed by atoms with Crippen LogP contribution in [0.25, 0.3) is 0 Å². The largest absolute Gasteiger partial charge is 0.354 e. The summed E-state index contributed by atoms with van der Waals surface area (Å²) >= 11 is 0. The zero-order valence-electron chi connectivity index (χ0n) is 19.7. The Hall–Kier alpha value is -3.93. The van der Waals surface area contributed by atoms with Gasteiger partial charge in [0.05, 0.1) is 5.92 Å². The van der Waals surface area contributed by atoms with Crippen molar-refractivity contribution < 1.29 is 14.4 Å². The van der Waals surface area contributed by atoms with Crippen LogP contribution in [0, 0.1) is 5.92 Å². The Balaban J connectivity index is 1.27. The van der Waals surface area contributed by atoms with Crippen LogP contribution < -0.4 is 10.6 Å². The molecule has 1 aliphatic heterocycles. The highest BCUT2D eigenvalue weighted by atomic mass is 16.2. The number of likely N-dealkylation sites (tertiary alicyclic amines) is 1. The summed E-state index contributed by atoms with van der Waals surface area (Å²) in [6, 6.07) is 28.7. The van der Waals surface area contributed by atoms with Gasteiger partial charge >= 0.3 is 0 Å². The minimum Gasteiger partial charge on any atom is -0.354 e. The molecule has 0 aliphatic carbocycles. The van der Waals surface area contributed by atoms with E-state index in [1.807, 2.05) is 83.8 Å². The molecule has 1 aliphatic rings. The fourth-order valence-corrected chi connectivity index (χ4v) is 4.51. The molecule has 3 aromatic carbocycles. The van der Waals surface area contributed by atoms with E-state index in [4.69, 9.17) is 0 Å². The molecule has 0 saturated carbocycles. The van der Waals surface area contributed by atoms with E-state index >= 15 is 0 Å². The monoisotopic (exact) mass is 469 g/mol. The van der Waals surface area contributed by atoms with E-state index in [0.29, 0.717) is 44.6 Å². The SMILES string of the molecule is O=C(NCCNC(=O)C1CCN(C(=O)C(c2ccccc2)c2ccccc2)CC1)c1ccccc1. The van der Waals surface area contributed by atoms with Crippen molar-refractivity contribution in [3.63, 3.8) is 0 Å². The highest BCUT2D eigenvalue weighted by molar-refractivity contribution is 5.94. The predicted molar refractivity (Wildman–Crippen MR) is 136 cm³/mol. The highest BCUT2D eigenvalue weighted by Gasteiger charge is 2.32. The van der Waals surface area contributed by atoms with Crippen LogP contribution in [0.15, 0.2) is 91.0 Å². The lowest BCUT2D eigenvalue weighted by molar-refractivity contribution is -0.136. The van der Waals surface area contributed by atoms with Crippen LogP contribution in [0.5, 0.6) is 0 Å². The van der Waals surface area contributed by atoms with E-state index in [1.165, 1.54) is 0 Å². The summed E-state index contributed by atoms with van der Waals surface area (Å²) in [4.78, 5) is 40.2. The second kappa shape index (κ2) is 12.0. The van der Waals surface area contributed by atoms with Crippen LogP contribution in [0.4, 0.5) is 0 Å². The van der Waals surface area contributed by atoms with Crippen molar-refractivity contribution in [1.82, 2.24) is 15.5 Å². The fourth-order valence-electron chi connectivity index (χ4n) is 4.51. The third-order valence-corrected chi connectivity index (χ3v) is 6.44. The van der Waals surface area contributed by atoms with Crippen LogP contribution in [-0.2, 0) is 9.59 Å². The maximum atomic E-state index is 13.6. The van der Waals surface area contributed by atoms with Gasteiger partial charge in [0.1, 0.15) is 0 Å². The van der Waals surface area contributed by atoms with Crippen molar-refractivity contribution in [3.05, 3.63) is 108 Å². The number of rotatable bonds is 8. The van der Waals surface area contributed by atoms with E-state index in [1.54, 1.807) is 12.1 Å². The fraction of sp³-hybridized carbons (Fsp3) is 0.276. The highest BCUT2D eigenvalue weighted by Crippen LogP contribution is 2.29. The van der Waals surface area contributed by atoms with Crippen molar-refractivity contribution in [2.45, 2.75) is 18.8 Å². The van der Waals surface area contributed by atoms with Gasteiger partial charge in [0.15, 0.2) is 0 Å². The molecular formula is C29H31N3O3. The maximum absolute atomic E-state index is 13.6. The molecule has 1 fully saturated rings. The quantitative estimate of drug-likeness (QED) is 0.495. The second-order valence-corrected chi connectivity index (χ2v) is 8.77. The standard InChI is InChI=1S/C29H31N3O3/c33-27(24-14-8-3-9-15-24)30-18-19-31-28(34)25-16-20-32(21-17-25)29(35)26(22-10-4-1-5-11-22)23-12-6-2-7-13-23/h1-15,25-26H,16-21H2,(H,30,33)(H,31,34). The van der Waals surface area contributed by atoms with Crippen molar-refractivity contribution >= 4 is 17.7 Å². The van der Waals surface area contributed by atoms with Crippen molar-refractivity contribution in [1.29, 1.82) is 0 Å². The number of piperidine rings is 1. The summed E-state index contributed by atoms with van der Waals surface area (Å²) in [5.41, 5.74) is 2.54. The molecule has 4 rings (SSSR count). The topological polar surface area (TPSA) is 78.5 Å². The molecule has 0 radical (unpaired) electrons. The Morgan fingerprint density at radius 1 is 0.714 bits per heavy atom. The normalized spacial score (nSPS) is 13.9. The first-order valence-corrected chi connectivity index (χ1v) is 12.1. The van der Waals surface area contributed by atoms with Gasteiger partial charge < -0.3 is 15.5 Å². The van der Waals surface area contributed by atoms with Gasteiger partial charge in [0.25, 0.3) is 5.91 Å². The Morgan fingerprint density at radius 2 is 1.20 bits per heavy atom. The van der Waals surface area contributed by atoms with Crippen LogP contribution >= 0.6 is 0 Å². The summed E-state index contributed by atoms with van der Waals surface area (Å²) in [5, 5.41) is 5.74. The molecule has 0 unspecified atom stereocenters. The van der Waals surface area contributed by atoms with Gasteiger partial charge in [-0.25, -0.2) is 0 Å². The smallest absolute Gasteiger partial charge is 0.251 e. The molecular weight excluding hydrogens is 438 g/mol. The van der Waals surface area contributed by atoms with Crippen LogP contribution in [-0.4, -0.2) is 48.8 Å². The number of hydrogen-bond acceptors (Lipinski definition) is 3. The minimum absolute atomic E-state index is 0.0197. The minimum atomic E-state index is -0.351. The lowest BCUT2D eigenvalue weighted by Gasteiger charge is -2.34. The second-order valence-electron chi connectivity index (χ2n) is 8.77. The average Bonchev–Trinajstić information content (AvgIpc) is 2.92. The third kappa shape index (κ3) is 6.35. The van der Waals surface area contributed by atoms with Gasteiger partial charge in [0.2, 0.25) is 11.8 Å². The van der Waals surface area contributed by atoms with Crippen LogP contribution in [0.3, 0.4) is 0 Å². The molecule has 0 spiro atoms. The molecule has 6 nitrogen and oxygen atoms in total. The van der Waals surface area contributed by atoms with Gasteiger partial charge in [-0.2, -0.15) is 0 Å². The first-order chi connectivity index (χ1) is 17.1. The van der Waals surface area contributed by atoms with Crippen molar-refractivity contribution in [2.24, 2.45) is 5.92 Å². The lowest BCUT2D eigenvalue weighted by Crippen LogP contribution is -2.45. The lowest BCUT2D eigenvalue weighted by atomic mass is 9.88. The van der Waals surface area contributed by atoms with Crippen molar-refractivity contribution in [2.75, 3.05) is 26.2 Å². The van der Waals surface area contributed by atoms with E-state index < -0.39 is 0 Å². The summed E-state index contributed by atoms with van der Waals surface area (Å²) < 4.78 is 0.